The van der Waals surface area contributed by atoms with E-state index < -0.39 is 0 Å². The first-order valence-corrected chi connectivity index (χ1v) is 5.17. The van der Waals surface area contributed by atoms with Gasteiger partial charge in [0.05, 0.1) is 12.3 Å². The molecule has 1 aliphatic rings. The molecule has 0 aliphatic carbocycles. The molecule has 0 radical (unpaired) electrons. The third-order valence-electron chi connectivity index (χ3n) is 2.74. The molecule has 1 saturated heterocycles. The number of ether oxygens (including phenoxy) is 1. The van der Waals surface area contributed by atoms with Crippen LogP contribution in [0.3, 0.4) is 0 Å². The molecular formula is C11H16N2O2. The molecule has 2 atom stereocenters. The topological polar surface area (TPSA) is 45.6 Å². The van der Waals surface area contributed by atoms with E-state index in [9.17, 15) is 5.11 Å². The number of likely N-dealkylation sites (tertiary alicyclic amines) is 1. The third-order valence-corrected chi connectivity index (χ3v) is 2.74. The van der Waals surface area contributed by atoms with E-state index in [1.165, 1.54) is 0 Å². The molecule has 2 heterocycles. The molecule has 1 aliphatic heterocycles. The van der Waals surface area contributed by atoms with E-state index in [0.717, 1.165) is 18.7 Å². The van der Waals surface area contributed by atoms with Gasteiger partial charge < -0.3 is 9.84 Å². The predicted octanol–water partition coefficient (Wildman–Crippen LogP) is 0.525. The standard InChI is InChI=1S/C11H16N2O2/c1-13-7-10(14)5-9(13)8-15-11-3-2-4-12-6-11/h2-4,6,9-10,14H,5,7-8H2,1H3/t9?,10-/m0/s1. The lowest BCUT2D eigenvalue weighted by molar-refractivity contribution is 0.182. The number of rotatable bonds is 3. The molecule has 82 valence electrons. The van der Waals surface area contributed by atoms with Crippen molar-refractivity contribution in [2.24, 2.45) is 0 Å². The molecule has 4 heteroatoms. The molecule has 15 heavy (non-hydrogen) atoms. The number of hydrogen-bond acceptors (Lipinski definition) is 4. The second kappa shape index (κ2) is 4.59. The lowest BCUT2D eigenvalue weighted by Crippen LogP contribution is -2.30. The molecule has 4 nitrogen and oxygen atoms in total. The van der Waals surface area contributed by atoms with Gasteiger partial charge in [-0.3, -0.25) is 9.88 Å². The van der Waals surface area contributed by atoms with Crippen LogP contribution in [0.4, 0.5) is 0 Å². The molecule has 0 aromatic carbocycles. The molecule has 0 amide bonds. The lowest BCUT2D eigenvalue weighted by Gasteiger charge is -2.18. The normalized spacial score (nSPS) is 26.8. The molecule has 0 spiro atoms. The van der Waals surface area contributed by atoms with Crippen LogP contribution in [0.1, 0.15) is 6.42 Å². The number of nitrogens with zero attached hydrogens (tertiary/aromatic N) is 2. The van der Waals surface area contributed by atoms with Gasteiger partial charge in [0.15, 0.2) is 0 Å². The Bertz CT molecular complexity index is 305. The van der Waals surface area contributed by atoms with Gasteiger partial charge in [-0.1, -0.05) is 0 Å². The smallest absolute Gasteiger partial charge is 0.137 e. The second-order valence-electron chi connectivity index (χ2n) is 3.98. The van der Waals surface area contributed by atoms with Crippen molar-refractivity contribution in [2.75, 3.05) is 20.2 Å². The van der Waals surface area contributed by atoms with Crippen LogP contribution in [0.2, 0.25) is 0 Å². The first-order valence-electron chi connectivity index (χ1n) is 5.17. The number of hydrogen-bond donors (Lipinski definition) is 1. The molecule has 1 N–H and O–H groups in total. The van der Waals surface area contributed by atoms with Crippen LogP contribution in [0.15, 0.2) is 24.5 Å². The monoisotopic (exact) mass is 208 g/mol. The summed E-state index contributed by atoms with van der Waals surface area (Å²) in [6, 6.07) is 4.04. The average Bonchev–Trinajstić information content (AvgIpc) is 2.56. The first kappa shape index (κ1) is 10.4. The van der Waals surface area contributed by atoms with E-state index in [1.807, 2.05) is 19.2 Å². The van der Waals surface area contributed by atoms with Crippen LogP contribution in [-0.4, -0.2) is 47.3 Å². The summed E-state index contributed by atoms with van der Waals surface area (Å²) in [6.45, 7) is 1.35. The van der Waals surface area contributed by atoms with E-state index in [1.54, 1.807) is 12.4 Å². The number of aliphatic hydroxyl groups is 1. The van der Waals surface area contributed by atoms with Gasteiger partial charge >= 0.3 is 0 Å². The summed E-state index contributed by atoms with van der Waals surface area (Å²) in [5.74, 6) is 0.785. The Labute approximate surface area is 89.5 Å². The van der Waals surface area contributed by atoms with Gasteiger partial charge in [-0.15, -0.1) is 0 Å². The van der Waals surface area contributed by atoms with Crippen LogP contribution >= 0.6 is 0 Å². The minimum Gasteiger partial charge on any atom is -0.490 e. The number of aromatic nitrogens is 1. The van der Waals surface area contributed by atoms with Gasteiger partial charge in [-0.25, -0.2) is 0 Å². The van der Waals surface area contributed by atoms with E-state index in [0.29, 0.717) is 12.6 Å². The van der Waals surface area contributed by atoms with Crippen LogP contribution < -0.4 is 4.74 Å². The molecule has 1 aromatic rings. The fraction of sp³-hybridized carbons (Fsp3) is 0.545. The van der Waals surface area contributed by atoms with E-state index in [4.69, 9.17) is 4.74 Å². The summed E-state index contributed by atoms with van der Waals surface area (Å²) in [4.78, 5) is 6.10. The van der Waals surface area contributed by atoms with Crippen molar-refractivity contribution >= 4 is 0 Å². The van der Waals surface area contributed by atoms with Gasteiger partial charge in [0.1, 0.15) is 12.4 Å². The summed E-state index contributed by atoms with van der Waals surface area (Å²) < 4.78 is 5.59. The molecule has 0 bridgehead atoms. The molecule has 0 saturated carbocycles. The number of pyridine rings is 1. The number of aliphatic hydroxyl groups excluding tert-OH is 1. The Balaban J connectivity index is 1.84. The Morgan fingerprint density at radius 2 is 2.53 bits per heavy atom. The highest BCUT2D eigenvalue weighted by atomic mass is 16.5. The van der Waals surface area contributed by atoms with Crippen molar-refractivity contribution < 1.29 is 9.84 Å². The van der Waals surface area contributed by atoms with Gasteiger partial charge in [0.2, 0.25) is 0 Å². The molecule has 2 rings (SSSR count). The van der Waals surface area contributed by atoms with E-state index >= 15 is 0 Å². The zero-order valence-electron chi connectivity index (χ0n) is 8.84. The maximum atomic E-state index is 9.46. The molecule has 1 fully saturated rings. The zero-order valence-corrected chi connectivity index (χ0v) is 8.84. The summed E-state index contributed by atoms with van der Waals surface area (Å²) in [6.07, 6.45) is 4.00. The van der Waals surface area contributed by atoms with Crippen LogP contribution in [0.25, 0.3) is 0 Å². The number of likely N-dealkylation sites (N-methyl/N-ethyl adjacent to an activating group) is 1. The van der Waals surface area contributed by atoms with Crippen LogP contribution in [-0.2, 0) is 0 Å². The summed E-state index contributed by atoms with van der Waals surface area (Å²) in [5, 5.41) is 9.46. The van der Waals surface area contributed by atoms with Gasteiger partial charge in [-0.05, 0) is 25.6 Å². The van der Waals surface area contributed by atoms with Gasteiger partial charge in [0, 0.05) is 18.8 Å². The van der Waals surface area contributed by atoms with E-state index in [-0.39, 0.29) is 6.10 Å². The first-order chi connectivity index (χ1) is 7.25. The Hall–Kier alpha value is -1.13. The summed E-state index contributed by atoms with van der Waals surface area (Å²) >= 11 is 0. The van der Waals surface area contributed by atoms with Gasteiger partial charge in [-0.2, -0.15) is 0 Å². The summed E-state index contributed by atoms with van der Waals surface area (Å²) in [5.41, 5.74) is 0. The number of β-amino-alcohol motifs (C(OH)–C–C–N with tert-alkyl or cyclic N) is 1. The van der Waals surface area contributed by atoms with Gasteiger partial charge in [0.25, 0.3) is 0 Å². The van der Waals surface area contributed by atoms with Crippen molar-refractivity contribution in [3.05, 3.63) is 24.5 Å². The van der Waals surface area contributed by atoms with Crippen molar-refractivity contribution in [1.29, 1.82) is 0 Å². The van der Waals surface area contributed by atoms with Crippen LogP contribution in [0, 0.1) is 0 Å². The average molecular weight is 208 g/mol. The highest BCUT2D eigenvalue weighted by molar-refractivity contribution is 5.15. The SMILES string of the molecule is CN1C[C@@H](O)CC1COc1cccnc1. The van der Waals surface area contributed by atoms with Crippen molar-refractivity contribution in [3.8, 4) is 5.75 Å². The second-order valence-corrected chi connectivity index (χ2v) is 3.98. The van der Waals surface area contributed by atoms with Crippen molar-refractivity contribution in [3.63, 3.8) is 0 Å². The lowest BCUT2D eigenvalue weighted by atomic mass is 10.2. The summed E-state index contributed by atoms with van der Waals surface area (Å²) in [7, 11) is 2.01. The minimum atomic E-state index is -0.211. The highest BCUT2D eigenvalue weighted by Crippen LogP contribution is 2.17. The quantitative estimate of drug-likeness (QED) is 0.787. The fourth-order valence-corrected chi connectivity index (χ4v) is 1.87. The van der Waals surface area contributed by atoms with Crippen molar-refractivity contribution in [2.45, 2.75) is 18.6 Å². The largest absolute Gasteiger partial charge is 0.490 e. The zero-order chi connectivity index (χ0) is 10.7. The fourth-order valence-electron chi connectivity index (χ4n) is 1.87. The Kier molecular flexibility index (Phi) is 3.18. The maximum Gasteiger partial charge on any atom is 0.137 e. The minimum absolute atomic E-state index is 0.211. The molecule has 1 unspecified atom stereocenters. The third kappa shape index (κ3) is 2.67. The van der Waals surface area contributed by atoms with Crippen molar-refractivity contribution in [1.82, 2.24) is 9.88 Å². The highest BCUT2D eigenvalue weighted by Gasteiger charge is 2.28. The molecule has 1 aromatic heterocycles. The predicted molar refractivity (Wildman–Crippen MR) is 56.8 cm³/mol. The van der Waals surface area contributed by atoms with Crippen LogP contribution in [0.5, 0.6) is 5.75 Å². The Morgan fingerprint density at radius 3 is 3.13 bits per heavy atom. The van der Waals surface area contributed by atoms with E-state index in [2.05, 4.69) is 9.88 Å². The Morgan fingerprint density at radius 1 is 1.67 bits per heavy atom. The maximum absolute atomic E-state index is 9.46. The molecular weight excluding hydrogens is 192 g/mol.